The molecule has 4 nitrogen and oxygen atoms in total. The molecule has 1 N–H and O–H groups in total. The zero-order valence-electron chi connectivity index (χ0n) is 10.2. The number of likely N-dealkylation sites (tertiary alicyclic amines) is 1. The first-order valence-electron chi connectivity index (χ1n) is 5.82. The van der Waals surface area contributed by atoms with E-state index in [2.05, 4.69) is 23.9 Å². The van der Waals surface area contributed by atoms with Crippen LogP contribution in [0.2, 0.25) is 0 Å². The molecule has 0 spiro atoms. The maximum Gasteiger partial charge on any atom is 0.345 e. The zero-order chi connectivity index (χ0) is 12.4. The topological polar surface area (TPSA) is 43.8 Å². The van der Waals surface area contributed by atoms with Crippen LogP contribution in [0.15, 0.2) is 12.1 Å². The number of aromatic carboxylic acids is 1. The molecule has 0 radical (unpaired) electrons. The Bertz CT molecular complexity index is 397. The number of hydrogen-bond acceptors (Lipinski definition) is 4. The third-order valence-electron chi connectivity index (χ3n) is 3.39. The van der Waals surface area contributed by atoms with Crippen molar-refractivity contribution in [2.75, 3.05) is 32.1 Å². The highest BCUT2D eigenvalue weighted by Crippen LogP contribution is 2.29. The minimum atomic E-state index is -0.835. The van der Waals surface area contributed by atoms with Crippen LogP contribution in [-0.4, -0.2) is 49.2 Å². The van der Waals surface area contributed by atoms with Crippen LogP contribution in [0.5, 0.6) is 0 Å². The second-order valence-electron chi connectivity index (χ2n) is 4.59. The Morgan fingerprint density at radius 2 is 2.12 bits per heavy atom. The SMILES string of the molecule is CN1CCC(N(C)c2ccc(C(=O)O)s2)CC1. The van der Waals surface area contributed by atoms with Gasteiger partial charge < -0.3 is 14.9 Å². The number of carboxylic acid groups (broad SMARTS) is 1. The van der Waals surface area contributed by atoms with E-state index in [1.165, 1.54) is 11.3 Å². The molecule has 1 aromatic heterocycles. The Kier molecular flexibility index (Phi) is 3.69. The molecular formula is C12H18N2O2S. The molecule has 0 aromatic carbocycles. The van der Waals surface area contributed by atoms with E-state index in [0.717, 1.165) is 30.9 Å². The lowest BCUT2D eigenvalue weighted by Crippen LogP contribution is -2.41. The van der Waals surface area contributed by atoms with Crippen LogP contribution < -0.4 is 4.90 Å². The van der Waals surface area contributed by atoms with Gasteiger partial charge in [0.05, 0.1) is 5.00 Å². The highest BCUT2D eigenvalue weighted by atomic mass is 32.1. The summed E-state index contributed by atoms with van der Waals surface area (Å²) in [7, 11) is 4.21. The van der Waals surface area contributed by atoms with Crippen molar-refractivity contribution >= 4 is 22.3 Å². The normalized spacial score (nSPS) is 18.2. The number of thiophene rings is 1. The first kappa shape index (κ1) is 12.4. The van der Waals surface area contributed by atoms with Crippen molar-refractivity contribution in [3.8, 4) is 0 Å². The summed E-state index contributed by atoms with van der Waals surface area (Å²) in [5, 5.41) is 9.96. The standard InChI is InChI=1S/C12H18N2O2S/c1-13-7-5-9(6-8-13)14(2)11-4-3-10(17-11)12(15)16/h3-4,9H,5-8H2,1-2H3,(H,15,16). The third-order valence-corrected chi connectivity index (χ3v) is 4.55. The first-order valence-corrected chi connectivity index (χ1v) is 6.64. The Hall–Kier alpha value is -1.07. The van der Waals surface area contributed by atoms with E-state index in [4.69, 9.17) is 5.11 Å². The lowest BCUT2D eigenvalue weighted by Gasteiger charge is -2.35. The minimum Gasteiger partial charge on any atom is -0.477 e. The fourth-order valence-electron chi connectivity index (χ4n) is 2.19. The number of carbonyl (C=O) groups is 1. The maximum absolute atomic E-state index is 10.8. The van der Waals surface area contributed by atoms with Crippen LogP contribution in [0, 0.1) is 0 Å². The number of piperidine rings is 1. The molecule has 2 rings (SSSR count). The van der Waals surface area contributed by atoms with Crippen LogP contribution in [0.1, 0.15) is 22.5 Å². The van der Waals surface area contributed by atoms with Gasteiger partial charge in [0.2, 0.25) is 0 Å². The van der Waals surface area contributed by atoms with E-state index in [-0.39, 0.29) is 0 Å². The molecule has 94 valence electrons. The Morgan fingerprint density at radius 3 is 2.65 bits per heavy atom. The largest absolute Gasteiger partial charge is 0.477 e. The summed E-state index contributed by atoms with van der Waals surface area (Å²) in [6.45, 7) is 2.23. The molecule has 0 aliphatic carbocycles. The van der Waals surface area contributed by atoms with Gasteiger partial charge in [-0.3, -0.25) is 0 Å². The van der Waals surface area contributed by atoms with Gasteiger partial charge in [-0.2, -0.15) is 0 Å². The lowest BCUT2D eigenvalue weighted by atomic mass is 10.0. The zero-order valence-corrected chi connectivity index (χ0v) is 11.0. The van der Waals surface area contributed by atoms with Crippen LogP contribution in [0.25, 0.3) is 0 Å². The first-order chi connectivity index (χ1) is 8.08. The van der Waals surface area contributed by atoms with Gasteiger partial charge in [0.25, 0.3) is 0 Å². The number of anilines is 1. The van der Waals surface area contributed by atoms with Crippen LogP contribution in [-0.2, 0) is 0 Å². The number of carboxylic acids is 1. The van der Waals surface area contributed by atoms with Crippen LogP contribution in [0.4, 0.5) is 5.00 Å². The smallest absolute Gasteiger partial charge is 0.345 e. The van der Waals surface area contributed by atoms with E-state index in [1.807, 2.05) is 6.07 Å². The molecule has 0 saturated carbocycles. The van der Waals surface area contributed by atoms with Gasteiger partial charge >= 0.3 is 5.97 Å². The summed E-state index contributed by atoms with van der Waals surface area (Å²) in [5.74, 6) is -0.835. The van der Waals surface area contributed by atoms with Gasteiger partial charge in [-0.15, -0.1) is 11.3 Å². The molecule has 5 heteroatoms. The van der Waals surface area contributed by atoms with Crippen molar-refractivity contribution in [2.24, 2.45) is 0 Å². The predicted octanol–water partition coefficient (Wildman–Crippen LogP) is 1.98. The van der Waals surface area contributed by atoms with E-state index in [0.29, 0.717) is 10.9 Å². The predicted molar refractivity (Wildman–Crippen MR) is 70.2 cm³/mol. The van der Waals surface area contributed by atoms with E-state index >= 15 is 0 Å². The fraction of sp³-hybridized carbons (Fsp3) is 0.583. The van der Waals surface area contributed by atoms with Gasteiger partial charge in [0, 0.05) is 13.1 Å². The van der Waals surface area contributed by atoms with Crippen LogP contribution >= 0.6 is 11.3 Å². The third kappa shape index (κ3) is 2.79. The minimum absolute atomic E-state index is 0.416. The molecule has 0 unspecified atom stereocenters. The van der Waals surface area contributed by atoms with Crippen molar-refractivity contribution in [3.63, 3.8) is 0 Å². The van der Waals surface area contributed by atoms with Crippen molar-refractivity contribution in [1.29, 1.82) is 0 Å². The number of nitrogens with zero attached hydrogens (tertiary/aromatic N) is 2. The molecule has 0 atom stereocenters. The van der Waals surface area contributed by atoms with E-state index in [9.17, 15) is 4.79 Å². The Labute approximate surface area is 105 Å². The molecule has 2 heterocycles. The summed E-state index contributed by atoms with van der Waals surface area (Å²) in [4.78, 5) is 15.8. The molecule has 1 saturated heterocycles. The van der Waals surface area contributed by atoms with Crippen molar-refractivity contribution in [2.45, 2.75) is 18.9 Å². The van der Waals surface area contributed by atoms with Crippen molar-refractivity contribution in [1.82, 2.24) is 4.90 Å². The second-order valence-corrected chi connectivity index (χ2v) is 5.65. The van der Waals surface area contributed by atoms with Gasteiger partial charge in [0.1, 0.15) is 4.88 Å². The quantitative estimate of drug-likeness (QED) is 0.895. The Morgan fingerprint density at radius 1 is 1.47 bits per heavy atom. The average Bonchev–Trinajstić information content (AvgIpc) is 2.78. The van der Waals surface area contributed by atoms with Gasteiger partial charge in [0.15, 0.2) is 0 Å². The van der Waals surface area contributed by atoms with Gasteiger partial charge in [-0.25, -0.2) is 4.79 Å². The summed E-state index contributed by atoms with van der Waals surface area (Å²) in [6, 6.07) is 4.13. The molecule has 1 fully saturated rings. The summed E-state index contributed by atoms with van der Waals surface area (Å²) in [6.07, 6.45) is 2.29. The fourth-order valence-corrected chi connectivity index (χ4v) is 3.07. The monoisotopic (exact) mass is 254 g/mol. The summed E-state index contributed by atoms with van der Waals surface area (Å²) >= 11 is 1.36. The second kappa shape index (κ2) is 5.06. The maximum atomic E-state index is 10.8. The average molecular weight is 254 g/mol. The van der Waals surface area contributed by atoms with Gasteiger partial charge in [-0.05, 0) is 45.1 Å². The highest BCUT2D eigenvalue weighted by molar-refractivity contribution is 7.17. The molecule has 1 aliphatic heterocycles. The molecule has 0 amide bonds. The molecule has 1 aromatic rings. The van der Waals surface area contributed by atoms with Crippen molar-refractivity contribution in [3.05, 3.63) is 17.0 Å². The van der Waals surface area contributed by atoms with Crippen LogP contribution in [0.3, 0.4) is 0 Å². The number of rotatable bonds is 3. The van der Waals surface area contributed by atoms with E-state index < -0.39 is 5.97 Å². The summed E-state index contributed by atoms with van der Waals surface area (Å²) in [5.41, 5.74) is 0. The highest BCUT2D eigenvalue weighted by Gasteiger charge is 2.22. The summed E-state index contributed by atoms with van der Waals surface area (Å²) < 4.78 is 0. The molecular weight excluding hydrogens is 236 g/mol. The molecule has 17 heavy (non-hydrogen) atoms. The van der Waals surface area contributed by atoms with Gasteiger partial charge in [-0.1, -0.05) is 0 Å². The molecule has 1 aliphatic rings. The number of hydrogen-bond donors (Lipinski definition) is 1. The van der Waals surface area contributed by atoms with E-state index in [1.54, 1.807) is 6.07 Å². The lowest BCUT2D eigenvalue weighted by molar-refractivity contribution is 0.0702. The molecule has 0 bridgehead atoms. The van der Waals surface area contributed by atoms with Crippen molar-refractivity contribution < 1.29 is 9.90 Å². The Balaban J connectivity index is 2.03.